The van der Waals surface area contributed by atoms with E-state index in [0.717, 1.165) is 19.0 Å². The third-order valence-electron chi connectivity index (χ3n) is 2.06. The van der Waals surface area contributed by atoms with Crippen LogP contribution in [-0.2, 0) is 6.18 Å². The summed E-state index contributed by atoms with van der Waals surface area (Å²) in [6.45, 7) is 0. The second kappa shape index (κ2) is 3.08. The van der Waals surface area contributed by atoms with Gasteiger partial charge in [-0.2, -0.15) is 13.2 Å². The highest BCUT2D eigenvalue weighted by Crippen LogP contribution is 2.44. The van der Waals surface area contributed by atoms with Crippen molar-refractivity contribution in [2.45, 2.75) is 24.9 Å². The van der Waals surface area contributed by atoms with Gasteiger partial charge in [-0.25, -0.2) is 9.97 Å². The molecule has 2 nitrogen and oxygen atoms in total. The van der Waals surface area contributed by atoms with Crippen LogP contribution in [0.2, 0.25) is 5.28 Å². The Kier molecular flexibility index (Phi) is 2.14. The van der Waals surface area contributed by atoms with E-state index in [1.54, 1.807) is 0 Å². The third-order valence-corrected chi connectivity index (χ3v) is 2.24. The van der Waals surface area contributed by atoms with Gasteiger partial charge >= 0.3 is 6.18 Å². The lowest BCUT2D eigenvalue weighted by Gasteiger charge is -2.10. The Morgan fingerprint density at radius 1 is 1.36 bits per heavy atom. The topological polar surface area (TPSA) is 25.8 Å². The van der Waals surface area contributed by atoms with Crippen LogP contribution < -0.4 is 0 Å². The van der Waals surface area contributed by atoms with E-state index in [-0.39, 0.29) is 16.9 Å². The lowest BCUT2D eigenvalue weighted by molar-refractivity contribution is -0.138. The summed E-state index contributed by atoms with van der Waals surface area (Å²) in [5.74, 6) is -0.0906. The molecule has 0 bridgehead atoms. The number of hydrogen-bond donors (Lipinski definition) is 0. The second-order valence-corrected chi connectivity index (χ2v) is 3.55. The van der Waals surface area contributed by atoms with E-state index in [1.165, 1.54) is 0 Å². The Balaban J connectivity index is 2.47. The van der Waals surface area contributed by atoms with Gasteiger partial charge in [0, 0.05) is 12.1 Å². The molecule has 1 fully saturated rings. The molecule has 0 atom stereocenters. The first-order chi connectivity index (χ1) is 6.48. The molecule has 0 aliphatic heterocycles. The maximum atomic E-state index is 12.4. The maximum absolute atomic E-state index is 12.4. The van der Waals surface area contributed by atoms with Gasteiger partial charge in [0.15, 0.2) is 0 Å². The van der Waals surface area contributed by atoms with Crippen LogP contribution in [0.4, 0.5) is 13.2 Å². The molecule has 0 N–H and O–H groups in total. The molecule has 1 saturated carbocycles. The Labute approximate surface area is 83.1 Å². The molecule has 76 valence electrons. The molecule has 1 aromatic rings. The smallest absolute Gasteiger partial charge is 0.226 e. The molecule has 1 aliphatic rings. The van der Waals surface area contributed by atoms with E-state index in [2.05, 4.69) is 9.97 Å². The molecule has 0 amide bonds. The normalized spacial score (nSPS) is 17.1. The van der Waals surface area contributed by atoms with Crippen molar-refractivity contribution in [1.29, 1.82) is 0 Å². The number of halogens is 4. The summed E-state index contributed by atoms with van der Waals surface area (Å²) in [5.41, 5.74) is -0.720. The van der Waals surface area contributed by atoms with Crippen LogP contribution >= 0.6 is 11.6 Å². The van der Waals surface area contributed by atoms with E-state index in [9.17, 15) is 13.2 Å². The zero-order chi connectivity index (χ0) is 10.3. The summed E-state index contributed by atoms with van der Waals surface area (Å²) < 4.78 is 37.3. The molecule has 0 saturated heterocycles. The molecule has 0 aromatic carbocycles. The van der Waals surface area contributed by atoms with Gasteiger partial charge in [0.1, 0.15) is 0 Å². The van der Waals surface area contributed by atoms with Crippen molar-refractivity contribution in [3.63, 3.8) is 0 Å². The fraction of sp³-hybridized carbons (Fsp3) is 0.500. The van der Waals surface area contributed by atoms with Crippen molar-refractivity contribution in [2.24, 2.45) is 0 Å². The van der Waals surface area contributed by atoms with Crippen molar-refractivity contribution in [3.8, 4) is 0 Å². The summed E-state index contributed by atoms with van der Waals surface area (Å²) in [6.07, 6.45) is -2.14. The lowest BCUT2D eigenvalue weighted by Crippen LogP contribution is -2.11. The highest BCUT2D eigenvalue weighted by Gasteiger charge is 2.39. The Morgan fingerprint density at radius 2 is 2.00 bits per heavy atom. The first-order valence-corrected chi connectivity index (χ1v) is 4.46. The molecule has 0 spiro atoms. The summed E-state index contributed by atoms with van der Waals surface area (Å²) in [6, 6.07) is 0. The van der Waals surface area contributed by atoms with E-state index >= 15 is 0 Å². The average Bonchev–Trinajstić information content (AvgIpc) is 2.83. The van der Waals surface area contributed by atoms with Gasteiger partial charge < -0.3 is 0 Å². The predicted octanol–water partition coefficient (Wildman–Crippen LogP) is 3.03. The first-order valence-electron chi connectivity index (χ1n) is 4.08. The highest BCUT2D eigenvalue weighted by molar-refractivity contribution is 6.28. The van der Waals surface area contributed by atoms with Crippen molar-refractivity contribution < 1.29 is 13.2 Å². The quantitative estimate of drug-likeness (QED) is 0.683. The van der Waals surface area contributed by atoms with Gasteiger partial charge in [-0.1, -0.05) is 0 Å². The maximum Gasteiger partial charge on any atom is 0.419 e. The van der Waals surface area contributed by atoms with Crippen molar-refractivity contribution in [1.82, 2.24) is 9.97 Å². The minimum absolute atomic E-state index is 0.0394. The van der Waals surface area contributed by atoms with Crippen LogP contribution in [0.3, 0.4) is 0 Å². The minimum Gasteiger partial charge on any atom is -0.226 e. The van der Waals surface area contributed by atoms with Gasteiger partial charge in [0.05, 0.1) is 11.3 Å². The number of hydrogen-bond acceptors (Lipinski definition) is 2. The Bertz CT molecular complexity index is 360. The van der Waals surface area contributed by atoms with Crippen molar-refractivity contribution >= 4 is 11.6 Å². The Hall–Kier alpha value is -0.840. The van der Waals surface area contributed by atoms with Crippen LogP contribution in [0.1, 0.15) is 30.0 Å². The van der Waals surface area contributed by atoms with Gasteiger partial charge in [-0.15, -0.1) is 0 Å². The molecule has 1 aromatic heterocycles. The number of alkyl halides is 3. The molecule has 1 aliphatic carbocycles. The standard InChI is InChI=1S/C8H6ClF3N2/c9-7-13-3-5(8(10,11)12)6(14-7)4-1-2-4/h3-4H,1-2H2. The number of aromatic nitrogens is 2. The van der Waals surface area contributed by atoms with E-state index in [4.69, 9.17) is 11.6 Å². The zero-order valence-corrected chi connectivity index (χ0v) is 7.73. The molecule has 0 radical (unpaired) electrons. The van der Waals surface area contributed by atoms with Gasteiger partial charge in [-0.05, 0) is 24.4 Å². The average molecular weight is 223 g/mol. The summed E-state index contributed by atoms with van der Waals surface area (Å²) in [5, 5.41) is -0.125. The van der Waals surface area contributed by atoms with Gasteiger partial charge in [0.25, 0.3) is 0 Å². The van der Waals surface area contributed by atoms with Crippen molar-refractivity contribution in [3.05, 3.63) is 22.7 Å². The second-order valence-electron chi connectivity index (χ2n) is 3.21. The zero-order valence-electron chi connectivity index (χ0n) is 6.98. The van der Waals surface area contributed by atoms with Crippen LogP contribution in [0.15, 0.2) is 6.20 Å². The summed E-state index contributed by atoms with van der Waals surface area (Å²) in [4.78, 5) is 6.99. The lowest BCUT2D eigenvalue weighted by atomic mass is 10.1. The molecular formula is C8H6ClF3N2. The van der Waals surface area contributed by atoms with Gasteiger partial charge in [-0.3, -0.25) is 0 Å². The third kappa shape index (κ3) is 1.82. The number of rotatable bonds is 1. The predicted molar refractivity (Wildman–Crippen MR) is 44.0 cm³/mol. The molecule has 6 heteroatoms. The van der Waals surface area contributed by atoms with Gasteiger partial charge in [0.2, 0.25) is 5.28 Å². The van der Waals surface area contributed by atoms with Crippen LogP contribution in [0, 0.1) is 0 Å². The first kappa shape index (κ1) is 9.71. The molecule has 14 heavy (non-hydrogen) atoms. The van der Waals surface area contributed by atoms with E-state index in [0.29, 0.717) is 0 Å². The molecule has 1 heterocycles. The highest BCUT2D eigenvalue weighted by atomic mass is 35.5. The molecular weight excluding hydrogens is 217 g/mol. The van der Waals surface area contributed by atoms with E-state index < -0.39 is 11.7 Å². The fourth-order valence-electron chi connectivity index (χ4n) is 1.26. The molecule has 2 rings (SSSR count). The monoisotopic (exact) mass is 222 g/mol. The van der Waals surface area contributed by atoms with Crippen molar-refractivity contribution in [2.75, 3.05) is 0 Å². The van der Waals surface area contributed by atoms with Crippen LogP contribution in [-0.4, -0.2) is 9.97 Å². The van der Waals surface area contributed by atoms with Crippen LogP contribution in [0.25, 0.3) is 0 Å². The Morgan fingerprint density at radius 3 is 2.50 bits per heavy atom. The summed E-state index contributed by atoms with van der Waals surface area (Å²) in [7, 11) is 0. The van der Waals surface area contributed by atoms with E-state index in [1.807, 2.05) is 0 Å². The van der Waals surface area contributed by atoms with Crippen LogP contribution in [0.5, 0.6) is 0 Å². The largest absolute Gasteiger partial charge is 0.419 e. The SMILES string of the molecule is FC(F)(F)c1cnc(Cl)nc1C1CC1. The fourth-order valence-corrected chi connectivity index (χ4v) is 1.40. The summed E-state index contributed by atoms with van der Waals surface area (Å²) >= 11 is 5.45. The molecule has 0 unspecified atom stereocenters. The minimum atomic E-state index is -4.39. The number of nitrogens with zero attached hydrogens (tertiary/aromatic N) is 2.